The predicted octanol–water partition coefficient (Wildman–Crippen LogP) is 4.88. The van der Waals surface area contributed by atoms with E-state index < -0.39 is 0 Å². The van der Waals surface area contributed by atoms with E-state index in [1.165, 1.54) is 31.5 Å². The van der Waals surface area contributed by atoms with Crippen molar-refractivity contribution in [1.29, 1.82) is 0 Å². The van der Waals surface area contributed by atoms with E-state index in [4.69, 9.17) is 4.74 Å². The van der Waals surface area contributed by atoms with Crippen LogP contribution in [0.25, 0.3) is 10.8 Å². The number of fused-ring (bicyclic) bond motifs is 1. The normalized spacial score (nSPS) is 17.0. The van der Waals surface area contributed by atoms with Gasteiger partial charge >= 0.3 is 0 Å². The molecule has 4 rings (SSSR count). The molecule has 30 heavy (non-hydrogen) atoms. The summed E-state index contributed by atoms with van der Waals surface area (Å²) in [4.78, 5) is 14.9. The van der Waals surface area contributed by atoms with Crippen molar-refractivity contribution < 1.29 is 9.53 Å². The predicted molar refractivity (Wildman–Crippen MR) is 122 cm³/mol. The van der Waals surface area contributed by atoms with E-state index in [-0.39, 0.29) is 5.91 Å². The number of nitrogens with one attached hydrogen (secondary N) is 1. The number of carbonyl (C=O) groups is 1. The highest BCUT2D eigenvalue weighted by molar-refractivity contribution is 5.94. The van der Waals surface area contributed by atoms with Gasteiger partial charge in [-0.1, -0.05) is 55.5 Å². The molecule has 4 heteroatoms. The number of hydrogen-bond acceptors (Lipinski definition) is 3. The van der Waals surface area contributed by atoms with E-state index in [2.05, 4.69) is 47.5 Å². The largest absolute Gasteiger partial charge is 0.491 e. The molecular formula is C26H30N2O2. The van der Waals surface area contributed by atoms with E-state index >= 15 is 0 Å². The Morgan fingerprint density at radius 3 is 2.70 bits per heavy atom. The van der Waals surface area contributed by atoms with Crippen LogP contribution in [0.5, 0.6) is 5.75 Å². The van der Waals surface area contributed by atoms with Crippen LogP contribution in [0.4, 0.5) is 0 Å². The van der Waals surface area contributed by atoms with Gasteiger partial charge in [0.05, 0.1) is 6.54 Å². The fourth-order valence-corrected chi connectivity index (χ4v) is 4.20. The van der Waals surface area contributed by atoms with Gasteiger partial charge < -0.3 is 10.1 Å². The first-order chi connectivity index (χ1) is 14.7. The van der Waals surface area contributed by atoms with Crippen molar-refractivity contribution in [2.45, 2.75) is 26.3 Å². The van der Waals surface area contributed by atoms with E-state index in [0.717, 1.165) is 29.0 Å². The Labute approximate surface area is 178 Å². The van der Waals surface area contributed by atoms with Crippen molar-refractivity contribution in [2.75, 3.05) is 26.2 Å². The Kier molecular flexibility index (Phi) is 6.65. The molecular weight excluding hydrogens is 372 g/mol. The average molecular weight is 403 g/mol. The highest BCUT2D eigenvalue weighted by Crippen LogP contribution is 2.25. The fraction of sp³-hybridized carbons (Fsp3) is 0.346. The minimum absolute atomic E-state index is 0.0605. The molecule has 156 valence electrons. The zero-order chi connectivity index (χ0) is 20.8. The van der Waals surface area contributed by atoms with E-state index in [1.807, 2.05) is 36.4 Å². The van der Waals surface area contributed by atoms with Crippen LogP contribution >= 0.6 is 0 Å². The second-order valence-electron chi connectivity index (χ2n) is 8.26. The molecule has 1 heterocycles. The molecule has 1 aliphatic rings. The van der Waals surface area contributed by atoms with E-state index in [1.54, 1.807) is 0 Å². The Hall–Kier alpha value is -2.85. The minimum Gasteiger partial charge on any atom is -0.491 e. The van der Waals surface area contributed by atoms with Crippen LogP contribution in [0, 0.1) is 5.92 Å². The molecule has 0 aromatic heterocycles. The molecule has 0 aliphatic carbocycles. The van der Waals surface area contributed by atoms with E-state index in [0.29, 0.717) is 18.7 Å². The highest BCUT2D eigenvalue weighted by atomic mass is 16.5. The molecule has 0 bridgehead atoms. The number of nitrogens with zero attached hydrogens (tertiary/aromatic N) is 1. The lowest BCUT2D eigenvalue weighted by Gasteiger charge is -2.30. The van der Waals surface area contributed by atoms with Crippen molar-refractivity contribution >= 4 is 16.7 Å². The number of carbonyl (C=O) groups excluding carboxylic acids is 1. The van der Waals surface area contributed by atoms with Crippen molar-refractivity contribution in [1.82, 2.24) is 10.2 Å². The number of ether oxygens (including phenoxy) is 1. The number of rotatable bonds is 7. The average Bonchev–Trinajstić information content (AvgIpc) is 2.77. The third-order valence-corrected chi connectivity index (χ3v) is 5.76. The first-order valence-corrected chi connectivity index (χ1v) is 10.9. The summed E-state index contributed by atoms with van der Waals surface area (Å²) < 4.78 is 5.90. The molecule has 1 N–H and O–H groups in total. The van der Waals surface area contributed by atoms with Crippen molar-refractivity contribution in [2.24, 2.45) is 5.92 Å². The van der Waals surface area contributed by atoms with Gasteiger partial charge in [-0.15, -0.1) is 0 Å². The van der Waals surface area contributed by atoms with Crippen LogP contribution in [-0.2, 0) is 6.54 Å². The van der Waals surface area contributed by atoms with Crippen LogP contribution < -0.4 is 10.1 Å². The Morgan fingerprint density at radius 1 is 1.07 bits per heavy atom. The molecule has 0 spiro atoms. The number of piperidine rings is 1. The van der Waals surface area contributed by atoms with Gasteiger partial charge in [-0.3, -0.25) is 9.69 Å². The summed E-state index contributed by atoms with van der Waals surface area (Å²) in [5.74, 6) is 1.56. The molecule has 4 nitrogen and oxygen atoms in total. The Bertz CT molecular complexity index is 978. The Balaban J connectivity index is 1.25. The van der Waals surface area contributed by atoms with Crippen LogP contribution in [0.3, 0.4) is 0 Å². The molecule has 1 atom stereocenters. The first kappa shape index (κ1) is 20.4. The number of benzene rings is 3. The second kappa shape index (κ2) is 9.77. The van der Waals surface area contributed by atoms with Gasteiger partial charge in [0.15, 0.2) is 0 Å². The molecule has 0 unspecified atom stereocenters. The highest BCUT2D eigenvalue weighted by Gasteiger charge is 2.16. The fourth-order valence-electron chi connectivity index (χ4n) is 4.20. The summed E-state index contributed by atoms with van der Waals surface area (Å²) in [6.07, 6.45) is 2.61. The number of amides is 1. The van der Waals surface area contributed by atoms with Crippen molar-refractivity contribution in [3.8, 4) is 5.75 Å². The number of hydrogen-bond donors (Lipinski definition) is 1. The lowest BCUT2D eigenvalue weighted by molar-refractivity contribution is 0.0947. The molecule has 0 saturated carbocycles. The van der Waals surface area contributed by atoms with E-state index in [9.17, 15) is 4.79 Å². The van der Waals surface area contributed by atoms with Crippen LogP contribution in [0.2, 0.25) is 0 Å². The summed E-state index contributed by atoms with van der Waals surface area (Å²) in [5, 5.41) is 5.19. The molecule has 3 aromatic rings. The molecule has 1 saturated heterocycles. The van der Waals surface area contributed by atoms with Crippen LogP contribution in [0.15, 0.2) is 66.7 Å². The van der Waals surface area contributed by atoms with Gasteiger partial charge in [0.2, 0.25) is 0 Å². The first-order valence-electron chi connectivity index (χ1n) is 10.9. The maximum atomic E-state index is 12.4. The van der Waals surface area contributed by atoms with Crippen molar-refractivity contribution in [3.05, 3.63) is 77.9 Å². The van der Waals surface area contributed by atoms with Crippen LogP contribution in [0.1, 0.15) is 35.7 Å². The maximum absolute atomic E-state index is 12.4. The standard InChI is InChI=1S/C26H30N2O2/c1-20-6-5-16-28(18-20)19-21-11-13-23(14-12-21)26(29)27-15-17-30-25-10-4-8-22-7-2-3-9-24(22)25/h2-4,7-14,20H,5-6,15-19H2,1H3,(H,27,29)/t20-/m1/s1. The lowest BCUT2D eigenvalue weighted by Crippen LogP contribution is -2.33. The summed E-state index contributed by atoms with van der Waals surface area (Å²) in [5.41, 5.74) is 1.95. The SMILES string of the molecule is C[C@@H]1CCCN(Cc2ccc(C(=O)NCCOc3cccc4ccccc34)cc2)C1. The van der Waals surface area contributed by atoms with Gasteiger partial charge in [0, 0.05) is 24.0 Å². The topological polar surface area (TPSA) is 41.6 Å². The summed E-state index contributed by atoms with van der Waals surface area (Å²) in [6.45, 7) is 6.53. The zero-order valence-corrected chi connectivity index (χ0v) is 17.6. The summed E-state index contributed by atoms with van der Waals surface area (Å²) in [7, 11) is 0. The van der Waals surface area contributed by atoms with Gasteiger partial charge in [-0.05, 0) is 54.5 Å². The maximum Gasteiger partial charge on any atom is 0.251 e. The third kappa shape index (κ3) is 5.19. The quantitative estimate of drug-likeness (QED) is 0.573. The lowest BCUT2D eigenvalue weighted by atomic mass is 9.99. The molecule has 1 fully saturated rings. The molecule has 0 radical (unpaired) electrons. The number of likely N-dealkylation sites (tertiary alicyclic amines) is 1. The summed E-state index contributed by atoms with van der Waals surface area (Å²) >= 11 is 0. The molecule has 3 aromatic carbocycles. The molecule has 1 aliphatic heterocycles. The molecule has 1 amide bonds. The zero-order valence-electron chi connectivity index (χ0n) is 17.6. The van der Waals surface area contributed by atoms with Gasteiger partial charge in [0.25, 0.3) is 5.91 Å². The minimum atomic E-state index is -0.0605. The van der Waals surface area contributed by atoms with Crippen LogP contribution in [-0.4, -0.2) is 37.0 Å². The van der Waals surface area contributed by atoms with Gasteiger partial charge in [-0.25, -0.2) is 0 Å². The van der Waals surface area contributed by atoms with Crippen molar-refractivity contribution in [3.63, 3.8) is 0 Å². The second-order valence-corrected chi connectivity index (χ2v) is 8.26. The van der Waals surface area contributed by atoms with Gasteiger partial charge in [-0.2, -0.15) is 0 Å². The third-order valence-electron chi connectivity index (χ3n) is 5.76. The smallest absolute Gasteiger partial charge is 0.251 e. The summed E-state index contributed by atoms with van der Waals surface area (Å²) in [6, 6.07) is 22.1. The Morgan fingerprint density at radius 2 is 1.87 bits per heavy atom. The monoisotopic (exact) mass is 402 g/mol. The van der Waals surface area contributed by atoms with Gasteiger partial charge in [0.1, 0.15) is 12.4 Å².